The fraction of sp³-hybridized carbons (Fsp3) is 0.462. The van der Waals surface area contributed by atoms with Gasteiger partial charge in [-0.2, -0.15) is 4.67 Å². The lowest BCUT2D eigenvalue weighted by atomic mass is 10.2. The van der Waals surface area contributed by atoms with Crippen LogP contribution in [0.3, 0.4) is 0 Å². The lowest BCUT2D eigenvalue weighted by molar-refractivity contribution is -0.385. The van der Waals surface area contributed by atoms with E-state index in [0.717, 1.165) is 10.7 Å². The van der Waals surface area contributed by atoms with Crippen molar-refractivity contribution >= 4 is 42.9 Å². The van der Waals surface area contributed by atoms with Crippen LogP contribution in [0, 0.1) is 10.1 Å². The van der Waals surface area contributed by atoms with Gasteiger partial charge in [0, 0.05) is 30.9 Å². The highest BCUT2D eigenvalue weighted by Gasteiger charge is 2.26. The Bertz CT molecular complexity index is 630. The molecule has 0 fully saturated rings. The Hall–Kier alpha value is -1.26. The summed E-state index contributed by atoms with van der Waals surface area (Å²) in [7, 11) is -4.04. The highest BCUT2D eigenvalue weighted by molar-refractivity contribution is 7.63. The molecule has 0 aliphatic rings. The minimum Gasteiger partial charge on any atom is -0.652 e. The first-order valence-corrected chi connectivity index (χ1v) is 9.85. The summed E-state index contributed by atoms with van der Waals surface area (Å²) >= 11 is 11.2. The second kappa shape index (κ2) is 10.8. The van der Waals surface area contributed by atoms with Gasteiger partial charge in [0.25, 0.3) is 5.69 Å². The second-order valence-electron chi connectivity index (χ2n) is 4.86. The number of halogens is 2. The molecule has 0 radical (unpaired) electrons. The van der Waals surface area contributed by atoms with E-state index in [4.69, 9.17) is 43.1 Å². The van der Waals surface area contributed by atoms with Crippen molar-refractivity contribution < 1.29 is 29.0 Å². The number of carboxylic acid groups (broad SMARTS) is 1. The Morgan fingerprint density at radius 2 is 1.96 bits per heavy atom. The van der Waals surface area contributed by atoms with E-state index in [1.807, 2.05) is 0 Å². The molecule has 0 amide bonds. The third-order valence-corrected chi connectivity index (χ3v) is 5.02. The van der Waals surface area contributed by atoms with Crippen LogP contribution in [0.5, 0.6) is 5.75 Å². The van der Waals surface area contributed by atoms with Crippen LogP contribution in [-0.2, 0) is 15.9 Å². The first-order chi connectivity index (χ1) is 12.2. The monoisotopic (exact) mass is 428 g/mol. The molecular formula is C13H17Cl2N3O7P-. The molecule has 10 nitrogen and oxygen atoms in total. The van der Waals surface area contributed by atoms with E-state index in [1.54, 1.807) is 0 Å². The molecule has 13 heteroatoms. The Morgan fingerprint density at radius 1 is 1.35 bits per heavy atom. The summed E-state index contributed by atoms with van der Waals surface area (Å²) in [6.45, 7) is -0.950. The van der Waals surface area contributed by atoms with Gasteiger partial charge >= 0.3 is 5.97 Å². The Morgan fingerprint density at radius 3 is 2.46 bits per heavy atom. The minimum atomic E-state index is -4.04. The van der Waals surface area contributed by atoms with Crippen molar-refractivity contribution in [2.75, 3.05) is 31.5 Å². The molecule has 0 spiro atoms. The largest absolute Gasteiger partial charge is 0.652 e. The molecule has 1 rings (SSSR count). The van der Waals surface area contributed by atoms with Crippen molar-refractivity contribution in [1.82, 2.24) is 4.67 Å². The van der Waals surface area contributed by atoms with Crippen molar-refractivity contribution in [3.63, 3.8) is 0 Å². The van der Waals surface area contributed by atoms with Gasteiger partial charge < -0.3 is 20.2 Å². The van der Waals surface area contributed by atoms with E-state index in [0.29, 0.717) is 0 Å². The Kier molecular flexibility index (Phi) is 9.45. The molecule has 1 atom stereocenters. The molecule has 0 saturated carbocycles. The molecular weight excluding hydrogens is 412 g/mol. The standard InChI is InChI=1S/C13H18Cl2N3O7P/c14-3-5-17(6-4-15)26(16,23)25-8-10-7-11(24-9-13(19)20)1-2-12(10)18(21)22/h1-2,7H,3-6,8-9H2,(H3,16,19,20,23)/p-1. The summed E-state index contributed by atoms with van der Waals surface area (Å²) in [5.41, 5.74) is 7.52. The Labute approximate surface area is 160 Å². The van der Waals surface area contributed by atoms with Gasteiger partial charge in [-0.05, 0) is 12.1 Å². The average molecular weight is 429 g/mol. The normalized spacial score (nSPS) is 13.4. The smallest absolute Gasteiger partial charge is 0.341 e. The zero-order valence-electron chi connectivity index (χ0n) is 13.5. The number of hydrogen-bond donors (Lipinski definition) is 1. The average Bonchev–Trinajstić information content (AvgIpc) is 2.57. The van der Waals surface area contributed by atoms with Crippen LogP contribution in [0.25, 0.3) is 5.50 Å². The van der Waals surface area contributed by atoms with Gasteiger partial charge in [0.05, 0.1) is 18.5 Å². The third-order valence-electron chi connectivity index (χ3n) is 3.06. The summed E-state index contributed by atoms with van der Waals surface area (Å²) < 4.78 is 11.2. The Balaban J connectivity index is 2.95. The highest BCUT2D eigenvalue weighted by atomic mass is 35.5. The van der Waals surface area contributed by atoms with Gasteiger partial charge in [-0.15, -0.1) is 23.2 Å². The zero-order valence-corrected chi connectivity index (χ0v) is 15.9. The van der Waals surface area contributed by atoms with Crippen molar-refractivity contribution in [2.24, 2.45) is 0 Å². The summed E-state index contributed by atoms with van der Waals surface area (Å²) in [5, 5.41) is 19.7. The van der Waals surface area contributed by atoms with Crippen LogP contribution < -0.4 is 9.63 Å². The summed E-state index contributed by atoms with van der Waals surface area (Å²) in [5.74, 6) is -0.951. The van der Waals surface area contributed by atoms with Crippen molar-refractivity contribution in [3.8, 4) is 5.75 Å². The lowest BCUT2D eigenvalue weighted by Gasteiger charge is -2.41. The molecule has 0 aliphatic heterocycles. The molecule has 1 aromatic rings. The van der Waals surface area contributed by atoms with Crippen molar-refractivity contribution in [3.05, 3.63) is 39.4 Å². The molecule has 0 aliphatic carbocycles. The topological polar surface area (TPSA) is 149 Å². The predicted octanol–water partition coefficient (Wildman–Crippen LogP) is 2.44. The molecule has 0 saturated heterocycles. The van der Waals surface area contributed by atoms with Crippen LogP contribution in [-0.4, -0.2) is 52.1 Å². The van der Waals surface area contributed by atoms with Gasteiger partial charge in [0.15, 0.2) is 6.61 Å². The molecule has 1 unspecified atom stereocenters. The first-order valence-electron chi connectivity index (χ1n) is 7.20. The number of nitro groups is 1. The van der Waals surface area contributed by atoms with Gasteiger partial charge in [-0.25, -0.2) is 9.32 Å². The quantitative estimate of drug-likeness (QED) is 0.230. The SMILES string of the molecule is [NH-][P+]([O-])(OCc1cc(OCC(=O)O)ccc1[N+](=O)[O-])N(CCCl)CCCl. The fourth-order valence-corrected chi connectivity index (χ4v) is 3.75. The summed E-state index contributed by atoms with van der Waals surface area (Å²) in [6.07, 6.45) is 0. The van der Waals surface area contributed by atoms with Crippen LogP contribution in [0.1, 0.15) is 5.56 Å². The predicted molar refractivity (Wildman–Crippen MR) is 95.3 cm³/mol. The molecule has 1 aromatic carbocycles. The number of nitrogens with zero attached hydrogens (tertiary/aromatic N) is 2. The lowest BCUT2D eigenvalue weighted by Crippen LogP contribution is -2.33. The van der Waals surface area contributed by atoms with Crippen LogP contribution >= 0.6 is 31.2 Å². The number of ether oxygens (including phenoxy) is 1. The number of rotatable bonds is 12. The number of benzene rings is 1. The van der Waals surface area contributed by atoms with Crippen molar-refractivity contribution in [1.29, 1.82) is 0 Å². The number of nitro benzene ring substituents is 1. The van der Waals surface area contributed by atoms with E-state index < -0.39 is 32.1 Å². The second-order valence-corrected chi connectivity index (χ2v) is 7.48. The maximum atomic E-state index is 12.4. The van der Waals surface area contributed by atoms with E-state index in [-0.39, 0.29) is 41.8 Å². The first kappa shape index (κ1) is 22.8. The van der Waals surface area contributed by atoms with Crippen molar-refractivity contribution in [2.45, 2.75) is 6.61 Å². The van der Waals surface area contributed by atoms with Gasteiger partial charge in [0.1, 0.15) is 12.4 Å². The highest BCUT2D eigenvalue weighted by Crippen LogP contribution is 2.55. The van der Waals surface area contributed by atoms with Gasteiger partial charge in [-0.1, -0.05) is 0 Å². The van der Waals surface area contributed by atoms with Crippen LogP contribution in [0.2, 0.25) is 0 Å². The molecule has 2 N–H and O–H groups in total. The van der Waals surface area contributed by atoms with Gasteiger partial charge in [-0.3, -0.25) is 10.1 Å². The van der Waals surface area contributed by atoms with E-state index in [9.17, 15) is 19.8 Å². The number of alkyl halides is 2. The summed E-state index contributed by atoms with van der Waals surface area (Å²) in [6, 6.07) is 3.55. The molecule has 26 heavy (non-hydrogen) atoms. The molecule has 0 bridgehead atoms. The number of aliphatic carboxylic acids is 1. The summed E-state index contributed by atoms with van der Waals surface area (Å²) in [4.78, 5) is 33.4. The zero-order chi connectivity index (χ0) is 19.7. The van der Waals surface area contributed by atoms with E-state index >= 15 is 0 Å². The number of carboxylic acids is 1. The van der Waals surface area contributed by atoms with Crippen LogP contribution in [0.15, 0.2) is 18.2 Å². The number of hydrogen-bond acceptors (Lipinski definition) is 7. The number of carbonyl (C=O) groups is 1. The molecule has 146 valence electrons. The minimum absolute atomic E-state index is 0.0120. The molecule has 0 heterocycles. The maximum Gasteiger partial charge on any atom is 0.341 e. The van der Waals surface area contributed by atoms with Crippen LogP contribution in [0.4, 0.5) is 5.69 Å². The number of nitrogens with one attached hydrogen (secondary N) is 1. The van der Waals surface area contributed by atoms with E-state index in [2.05, 4.69) is 0 Å². The maximum absolute atomic E-state index is 12.4. The third kappa shape index (κ3) is 7.16. The fourth-order valence-electron chi connectivity index (χ4n) is 1.90. The van der Waals surface area contributed by atoms with Gasteiger partial charge in [0.2, 0.25) is 0 Å². The van der Waals surface area contributed by atoms with E-state index in [1.165, 1.54) is 12.1 Å². The molecule has 0 aromatic heterocycles.